The number of nitrogens with one attached hydrogen (secondary N) is 2. The molecule has 3 aromatic carbocycles. The Morgan fingerprint density at radius 1 is 0.769 bits per heavy atom. The molecule has 0 unspecified atom stereocenters. The Bertz CT molecular complexity index is 800. The summed E-state index contributed by atoms with van der Waals surface area (Å²) in [5, 5.41) is 16.8. The molecule has 26 heavy (non-hydrogen) atoms. The zero-order valence-corrected chi connectivity index (χ0v) is 15.2. The summed E-state index contributed by atoms with van der Waals surface area (Å²) in [6.45, 7) is 2.95. The molecule has 134 valence electrons. The van der Waals surface area contributed by atoms with E-state index in [1.165, 1.54) is 16.7 Å². The van der Waals surface area contributed by atoms with Gasteiger partial charge in [0.15, 0.2) is 0 Å². The van der Waals surface area contributed by atoms with Crippen LogP contribution < -0.4 is 10.6 Å². The first kappa shape index (κ1) is 18.0. The zero-order chi connectivity index (χ0) is 18.2. The number of anilines is 2. The lowest BCUT2D eigenvalue weighted by atomic mass is 10.1. The molecule has 3 rings (SSSR count). The first-order valence-corrected chi connectivity index (χ1v) is 9.04. The Labute approximate surface area is 155 Å². The third kappa shape index (κ3) is 5.11. The molecular formula is C23H26N2O. The van der Waals surface area contributed by atoms with Gasteiger partial charge in [0.25, 0.3) is 0 Å². The fourth-order valence-corrected chi connectivity index (χ4v) is 2.95. The molecule has 3 aromatic rings. The van der Waals surface area contributed by atoms with E-state index in [9.17, 15) is 5.11 Å². The number of hydrogen-bond acceptors (Lipinski definition) is 3. The number of aliphatic hydroxyl groups is 1. The third-order valence-corrected chi connectivity index (χ3v) is 4.44. The molecule has 0 aliphatic rings. The van der Waals surface area contributed by atoms with Crippen LogP contribution in [0.15, 0.2) is 78.9 Å². The number of aryl methyl sites for hydroxylation is 1. The molecule has 0 aromatic heterocycles. The van der Waals surface area contributed by atoms with E-state index in [1.807, 2.05) is 36.4 Å². The van der Waals surface area contributed by atoms with E-state index in [1.54, 1.807) is 0 Å². The lowest BCUT2D eigenvalue weighted by Gasteiger charge is -2.21. The molecule has 0 spiro atoms. The van der Waals surface area contributed by atoms with Crippen molar-refractivity contribution >= 4 is 11.4 Å². The van der Waals surface area contributed by atoms with Crippen LogP contribution >= 0.6 is 0 Å². The normalized spacial score (nSPS) is 11.8. The summed E-state index contributed by atoms with van der Waals surface area (Å²) in [5.41, 5.74) is 5.77. The quantitative estimate of drug-likeness (QED) is 0.557. The lowest BCUT2D eigenvalue weighted by molar-refractivity contribution is 0.274. The van der Waals surface area contributed by atoms with Gasteiger partial charge in [-0.15, -0.1) is 0 Å². The summed E-state index contributed by atoms with van der Waals surface area (Å²) in [6, 6.07) is 26.9. The molecule has 0 saturated heterocycles. The van der Waals surface area contributed by atoms with E-state index in [4.69, 9.17) is 0 Å². The van der Waals surface area contributed by atoms with E-state index in [2.05, 4.69) is 60.0 Å². The highest BCUT2D eigenvalue weighted by atomic mass is 16.3. The summed E-state index contributed by atoms with van der Waals surface area (Å²) < 4.78 is 0. The van der Waals surface area contributed by atoms with Crippen molar-refractivity contribution in [3.8, 4) is 0 Å². The summed E-state index contributed by atoms with van der Waals surface area (Å²) >= 11 is 0. The van der Waals surface area contributed by atoms with Gasteiger partial charge < -0.3 is 15.7 Å². The van der Waals surface area contributed by atoms with Crippen molar-refractivity contribution in [3.05, 3.63) is 95.6 Å². The van der Waals surface area contributed by atoms with Gasteiger partial charge in [0.05, 0.1) is 24.0 Å². The van der Waals surface area contributed by atoms with Crippen LogP contribution in [0.5, 0.6) is 0 Å². The van der Waals surface area contributed by atoms with Crippen LogP contribution in [0, 0.1) is 6.92 Å². The summed E-state index contributed by atoms with van der Waals surface area (Å²) in [4.78, 5) is 0. The molecule has 0 heterocycles. The van der Waals surface area contributed by atoms with Gasteiger partial charge in [-0.3, -0.25) is 0 Å². The van der Waals surface area contributed by atoms with E-state index < -0.39 is 0 Å². The van der Waals surface area contributed by atoms with Crippen LogP contribution in [-0.4, -0.2) is 17.8 Å². The second-order valence-corrected chi connectivity index (χ2v) is 6.60. The van der Waals surface area contributed by atoms with Crippen molar-refractivity contribution < 1.29 is 5.11 Å². The minimum absolute atomic E-state index is 0.0280. The van der Waals surface area contributed by atoms with Crippen LogP contribution in [0.4, 0.5) is 11.4 Å². The topological polar surface area (TPSA) is 44.3 Å². The molecule has 0 bridgehead atoms. The van der Waals surface area contributed by atoms with E-state index >= 15 is 0 Å². The van der Waals surface area contributed by atoms with Crippen molar-refractivity contribution in [3.63, 3.8) is 0 Å². The van der Waals surface area contributed by atoms with Gasteiger partial charge in [0.2, 0.25) is 0 Å². The number of benzene rings is 3. The maximum Gasteiger partial charge on any atom is 0.0636 e. The number of hydrogen-bond donors (Lipinski definition) is 3. The van der Waals surface area contributed by atoms with Gasteiger partial charge in [0.1, 0.15) is 0 Å². The van der Waals surface area contributed by atoms with Crippen molar-refractivity contribution in [2.75, 3.05) is 17.2 Å². The Balaban J connectivity index is 1.66. The van der Waals surface area contributed by atoms with Gasteiger partial charge in [-0.1, -0.05) is 72.3 Å². The van der Waals surface area contributed by atoms with Crippen LogP contribution in [-0.2, 0) is 13.0 Å². The van der Waals surface area contributed by atoms with Gasteiger partial charge >= 0.3 is 0 Å². The van der Waals surface area contributed by atoms with Crippen molar-refractivity contribution in [1.82, 2.24) is 0 Å². The fourth-order valence-electron chi connectivity index (χ4n) is 2.95. The summed E-state index contributed by atoms with van der Waals surface area (Å²) in [7, 11) is 0. The second kappa shape index (κ2) is 9.07. The highest BCUT2D eigenvalue weighted by Crippen LogP contribution is 2.23. The van der Waals surface area contributed by atoms with Crippen LogP contribution in [0.2, 0.25) is 0 Å². The Hall–Kier alpha value is -2.78. The highest BCUT2D eigenvalue weighted by Gasteiger charge is 2.10. The SMILES string of the molecule is Cc1ccc(CNc2ccccc2N[C@@H](CO)Cc2ccccc2)cc1. The Kier molecular flexibility index (Phi) is 6.29. The number of para-hydroxylation sites is 2. The van der Waals surface area contributed by atoms with Crippen LogP contribution in [0.1, 0.15) is 16.7 Å². The average Bonchev–Trinajstić information content (AvgIpc) is 2.69. The maximum absolute atomic E-state index is 9.79. The molecular weight excluding hydrogens is 320 g/mol. The van der Waals surface area contributed by atoms with Crippen LogP contribution in [0.25, 0.3) is 0 Å². The smallest absolute Gasteiger partial charge is 0.0636 e. The van der Waals surface area contributed by atoms with E-state index in [0.717, 1.165) is 24.3 Å². The first-order valence-electron chi connectivity index (χ1n) is 9.04. The molecule has 0 amide bonds. The average molecular weight is 346 g/mol. The molecule has 0 fully saturated rings. The van der Waals surface area contributed by atoms with E-state index in [-0.39, 0.29) is 12.6 Å². The molecule has 0 aliphatic heterocycles. The van der Waals surface area contributed by atoms with Gasteiger partial charge in [-0.25, -0.2) is 0 Å². The highest BCUT2D eigenvalue weighted by molar-refractivity contribution is 5.69. The Morgan fingerprint density at radius 3 is 2.12 bits per heavy atom. The van der Waals surface area contributed by atoms with E-state index in [0.29, 0.717) is 0 Å². The minimum atomic E-state index is -0.0280. The molecule has 3 nitrogen and oxygen atoms in total. The third-order valence-electron chi connectivity index (χ3n) is 4.44. The van der Waals surface area contributed by atoms with Gasteiger partial charge in [-0.05, 0) is 36.6 Å². The van der Waals surface area contributed by atoms with Crippen molar-refractivity contribution in [2.24, 2.45) is 0 Å². The predicted molar refractivity (Wildman–Crippen MR) is 110 cm³/mol. The maximum atomic E-state index is 9.79. The number of rotatable bonds is 8. The predicted octanol–water partition coefficient (Wildman–Crippen LogP) is 4.62. The van der Waals surface area contributed by atoms with Crippen molar-refractivity contribution in [1.29, 1.82) is 0 Å². The number of aliphatic hydroxyl groups excluding tert-OH is 1. The molecule has 1 atom stereocenters. The fraction of sp³-hybridized carbons (Fsp3) is 0.217. The van der Waals surface area contributed by atoms with Gasteiger partial charge in [-0.2, -0.15) is 0 Å². The lowest BCUT2D eigenvalue weighted by Crippen LogP contribution is -2.26. The monoisotopic (exact) mass is 346 g/mol. The molecule has 3 N–H and O–H groups in total. The molecule has 0 saturated carbocycles. The minimum Gasteiger partial charge on any atom is -0.394 e. The standard InChI is InChI=1S/C23H26N2O/c1-18-11-13-20(14-12-18)16-24-22-9-5-6-10-23(22)25-21(17-26)15-19-7-3-2-4-8-19/h2-14,21,24-26H,15-17H2,1H3/t21-/m1/s1. The summed E-state index contributed by atoms with van der Waals surface area (Å²) in [6.07, 6.45) is 0.781. The zero-order valence-electron chi connectivity index (χ0n) is 15.2. The Morgan fingerprint density at radius 2 is 1.42 bits per heavy atom. The molecule has 0 aliphatic carbocycles. The molecule has 3 heteroatoms. The first-order chi connectivity index (χ1) is 12.7. The molecule has 0 radical (unpaired) electrons. The summed E-state index contributed by atoms with van der Waals surface area (Å²) in [5.74, 6) is 0. The van der Waals surface area contributed by atoms with Gasteiger partial charge in [0, 0.05) is 6.54 Å². The van der Waals surface area contributed by atoms with Crippen molar-refractivity contribution in [2.45, 2.75) is 25.9 Å². The second-order valence-electron chi connectivity index (χ2n) is 6.60. The van der Waals surface area contributed by atoms with Crippen LogP contribution in [0.3, 0.4) is 0 Å². The largest absolute Gasteiger partial charge is 0.394 e.